The molecule has 34 heavy (non-hydrogen) atoms. The van der Waals surface area contributed by atoms with Crippen LogP contribution in [0.25, 0.3) is 0 Å². The molecule has 0 saturated carbocycles. The lowest BCUT2D eigenvalue weighted by atomic mass is 9.82. The van der Waals surface area contributed by atoms with E-state index in [1.807, 2.05) is 0 Å². The van der Waals surface area contributed by atoms with Crippen LogP contribution in [-0.2, 0) is 15.1 Å². The van der Waals surface area contributed by atoms with Gasteiger partial charge in [-0.1, -0.05) is 12.1 Å². The van der Waals surface area contributed by atoms with Crippen LogP contribution in [0, 0.1) is 11.6 Å². The number of hydrogen-bond donors (Lipinski definition) is 3. The number of nitrogens with one attached hydrogen (secondary N) is 1. The van der Waals surface area contributed by atoms with Crippen LogP contribution in [0.1, 0.15) is 23.8 Å². The Morgan fingerprint density at radius 2 is 1.88 bits per heavy atom. The maximum Gasteiger partial charge on any atom is 0.336 e. The molecule has 2 aliphatic heterocycles. The minimum Gasteiger partial charge on any atom is -0.480 e. The zero-order valence-corrected chi connectivity index (χ0v) is 18.5. The van der Waals surface area contributed by atoms with Crippen molar-refractivity contribution in [3.8, 4) is 0 Å². The standard InChI is InChI=1S/C22H19F4N3O4S/c1-21(11-2-4-12(23)5-3-11)16(20(32)33)14(27-18(28-21)17-13(24)6-7-34-17)9-29-10-22(25,26)8-15(29)19(30)31/h2-7,15H,8-10H2,1H3,(H,27,28)(H,30,31)(H,32,33)/t15-,21-/m0/s1. The van der Waals surface area contributed by atoms with E-state index in [0.717, 1.165) is 28.4 Å². The highest BCUT2D eigenvalue weighted by Crippen LogP contribution is 2.40. The first-order valence-corrected chi connectivity index (χ1v) is 11.0. The van der Waals surface area contributed by atoms with E-state index >= 15 is 0 Å². The Morgan fingerprint density at radius 3 is 2.44 bits per heavy atom. The molecular weight excluding hydrogens is 478 g/mol. The van der Waals surface area contributed by atoms with Crippen LogP contribution in [0.4, 0.5) is 17.6 Å². The van der Waals surface area contributed by atoms with E-state index in [9.17, 15) is 37.4 Å². The van der Waals surface area contributed by atoms with Gasteiger partial charge in [-0.2, -0.15) is 0 Å². The molecule has 1 aromatic carbocycles. The fraction of sp³-hybridized carbons (Fsp3) is 0.318. The molecule has 0 radical (unpaired) electrons. The van der Waals surface area contributed by atoms with Gasteiger partial charge < -0.3 is 15.5 Å². The van der Waals surface area contributed by atoms with Crippen molar-refractivity contribution in [1.82, 2.24) is 10.2 Å². The van der Waals surface area contributed by atoms with Crippen LogP contribution in [0.3, 0.4) is 0 Å². The van der Waals surface area contributed by atoms with Crippen LogP contribution in [0.5, 0.6) is 0 Å². The number of carboxylic acids is 2. The number of benzene rings is 1. The van der Waals surface area contributed by atoms with Gasteiger partial charge in [-0.15, -0.1) is 11.3 Å². The first-order chi connectivity index (χ1) is 15.9. The summed E-state index contributed by atoms with van der Waals surface area (Å²) >= 11 is 0.988. The summed E-state index contributed by atoms with van der Waals surface area (Å²) < 4.78 is 56.1. The topological polar surface area (TPSA) is 102 Å². The fourth-order valence-electron chi connectivity index (χ4n) is 4.31. The second-order valence-corrected chi connectivity index (χ2v) is 9.16. The number of likely N-dealkylation sites (tertiary alicyclic amines) is 1. The van der Waals surface area contributed by atoms with E-state index in [-0.39, 0.29) is 27.5 Å². The Hall–Kier alpha value is -3.25. The first-order valence-electron chi connectivity index (χ1n) is 10.1. The SMILES string of the molecule is C[C@@]1(c2ccc(F)cc2)N=C(c2sccc2F)NC(CN2CC(F)(F)C[C@H]2C(=O)O)=C1C(=O)O. The molecular formula is C22H19F4N3O4S. The van der Waals surface area contributed by atoms with Gasteiger partial charge in [0.1, 0.15) is 33.9 Å². The predicted molar refractivity (Wildman–Crippen MR) is 115 cm³/mol. The van der Waals surface area contributed by atoms with Crippen molar-refractivity contribution in [2.24, 2.45) is 4.99 Å². The van der Waals surface area contributed by atoms with Crippen LogP contribution < -0.4 is 5.32 Å². The molecule has 180 valence electrons. The van der Waals surface area contributed by atoms with E-state index in [2.05, 4.69) is 10.3 Å². The number of alkyl halides is 2. The lowest BCUT2D eigenvalue weighted by Gasteiger charge is -2.36. The highest BCUT2D eigenvalue weighted by Gasteiger charge is 2.50. The summed E-state index contributed by atoms with van der Waals surface area (Å²) in [6.07, 6.45) is -0.923. The molecule has 0 bridgehead atoms. The number of halogens is 4. The third-order valence-electron chi connectivity index (χ3n) is 5.86. The molecule has 0 unspecified atom stereocenters. The average molecular weight is 497 g/mol. The summed E-state index contributed by atoms with van der Waals surface area (Å²) in [4.78, 5) is 29.5. The van der Waals surface area contributed by atoms with Gasteiger partial charge in [0.05, 0.1) is 12.1 Å². The quantitative estimate of drug-likeness (QED) is 0.529. The maximum atomic E-state index is 14.4. The average Bonchev–Trinajstić information content (AvgIpc) is 3.29. The first kappa shape index (κ1) is 23.9. The van der Waals surface area contributed by atoms with Gasteiger partial charge in [0.2, 0.25) is 0 Å². The molecule has 1 saturated heterocycles. The highest BCUT2D eigenvalue weighted by atomic mass is 32.1. The smallest absolute Gasteiger partial charge is 0.336 e. The molecule has 7 nitrogen and oxygen atoms in total. The molecule has 3 N–H and O–H groups in total. The van der Waals surface area contributed by atoms with E-state index in [4.69, 9.17) is 0 Å². The minimum atomic E-state index is -3.28. The zero-order chi connectivity index (χ0) is 24.8. The number of carboxylic acid groups (broad SMARTS) is 2. The second-order valence-electron chi connectivity index (χ2n) is 8.24. The molecule has 3 heterocycles. The minimum absolute atomic E-state index is 0.0443. The third kappa shape index (κ3) is 4.30. The number of hydrogen-bond acceptors (Lipinski definition) is 6. The largest absolute Gasteiger partial charge is 0.480 e. The van der Waals surface area contributed by atoms with E-state index in [1.165, 1.54) is 30.5 Å². The lowest BCUT2D eigenvalue weighted by Crippen LogP contribution is -2.46. The molecule has 0 amide bonds. The van der Waals surface area contributed by atoms with Crippen LogP contribution in [-0.4, -0.2) is 57.9 Å². The molecule has 2 aromatic rings. The highest BCUT2D eigenvalue weighted by molar-refractivity contribution is 7.12. The number of amidine groups is 1. The van der Waals surface area contributed by atoms with Gasteiger partial charge in [0.15, 0.2) is 0 Å². The van der Waals surface area contributed by atoms with E-state index < -0.39 is 60.6 Å². The second kappa shape index (κ2) is 8.51. The van der Waals surface area contributed by atoms with Crippen molar-refractivity contribution in [1.29, 1.82) is 0 Å². The van der Waals surface area contributed by atoms with Crippen molar-refractivity contribution >= 4 is 29.1 Å². The number of aliphatic imine (C=N–C) groups is 1. The predicted octanol–water partition coefficient (Wildman–Crippen LogP) is 3.42. The van der Waals surface area contributed by atoms with Crippen molar-refractivity contribution in [3.05, 3.63) is 69.1 Å². The summed E-state index contributed by atoms with van der Waals surface area (Å²) in [5.41, 5.74) is -1.85. The molecule has 1 aromatic heterocycles. The van der Waals surface area contributed by atoms with Crippen molar-refractivity contribution in [2.75, 3.05) is 13.1 Å². The Kier molecular flexibility index (Phi) is 5.98. The number of rotatable bonds is 6. The van der Waals surface area contributed by atoms with Gasteiger partial charge in [-0.3, -0.25) is 14.7 Å². The summed E-state index contributed by atoms with van der Waals surface area (Å²) in [5.74, 6) is -7.44. The third-order valence-corrected chi connectivity index (χ3v) is 6.76. The van der Waals surface area contributed by atoms with Gasteiger partial charge in [-0.25, -0.2) is 22.4 Å². The monoisotopic (exact) mass is 497 g/mol. The van der Waals surface area contributed by atoms with Crippen LogP contribution in [0.2, 0.25) is 0 Å². The molecule has 2 atom stereocenters. The molecule has 2 aliphatic rings. The van der Waals surface area contributed by atoms with Crippen molar-refractivity contribution in [3.63, 3.8) is 0 Å². The normalized spacial score (nSPS) is 24.6. The summed E-state index contributed by atoms with van der Waals surface area (Å²) in [7, 11) is 0. The fourth-order valence-corrected chi connectivity index (χ4v) is 5.03. The molecule has 0 spiro atoms. The molecule has 0 aliphatic carbocycles. The number of aliphatic carboxylic acids is 2. The van der Waals surface area contributed by atoms with Gasteiger partial charge >= 0.3 is 11.9 Å². The van der Waals surface area contributed by atoms with Crippen molar-refractivity contribution in [2.45, 2.75) is 30.8 Å². The summed E-state index contributed by atoms with van der Waals surface area (Å²) in [5, 5.41) is 23.7. The lowest BCUT2D eigenvalue weighted by molar-refractivity contribution is -0.142. The molecule has 4 rings (SSSR count). The summed E-state index contributed by atoms with van der Waals surface area (Å²) in [6.45, 7) is 0.0510. The zero-order valence-electron chi connectivity index (χ0n) is 17.7. The van der Waals surface area contributed by atoms with Crippen LogP contribution in [0.15, 0.2) is 52.0 Å². The number of thiophene rings is 1. The van der Waals surface area contributed by atoms with Crippen LogP contribution >= 0.6 is 11.3 Å². The summed E-state index contributed by atoms with van der Waals surface area (Å²) in [6, 6.07) is 4.54. The van der Waals surface area contributed by atoms with Gasteiger partial charge in [-0.05, 0) is 36.1 Å². The molecule has 1 fully saturated rings. The van der Waals surface area contributed by atoms with Gasteiger partial charge in [0.25, 0.3) is 5.92 Å². The van der Waals surface area contributed by atoms with E-state index in [1.54, 1.807) is 0 Å². The van der Waals surface area contributed by atoms with E-state index in [0.29, 0.717) is 0 Å². The number of nitrogens with zero attached hydrogens (tertiary/aromatic N) is 2. The Labute approximate surface area is 195 Å². The Bertz CT molecular complexity index is 1210. The van der Waals surface area contributed by atoms with Gasteiger partial charge in [0, 0.05) is 18.7 Å². The molecule has 12 heteroatoms. The van der Waals surface area contributed by atoms with Crippen molar-refractivity contribution < 1.29 is 37.4 Å². The Balaban J connectivity index is 1.86. The Morgan fingerprint density at radius 1 is 1.21 bits per heavy atom. The maximum absolute atomic E-state index is 14.4. The number of carbonyl (C=O) groups is 2.